The second-order valence-corrected chi connectivity index (χ2v) is 4.98. The minimum Gasteiger partial charge on any atom is -0.372 e. The topological polar surface area (TPSA) is 64.1 Å². The van der Waals surface area contributed by atoms with Gasteiger partial charge in [0.1, 0.15) is 11.8 Å². The molecule has 23 heavy (non-hydrogen) atoms. The highest BCUT2D eigenvalue weighted by atomic mass is 15.1. The van der Waals surface area contributed by atoms with Crippen molar-refractivity contribution < 1.29 is 0 Å². The van der Waals surface area contributed by atoms with E-state index >= 15 is 0 Å². The van der Waals surface area contributed by atoms with Crippen molar-refractivity contribution in [2.75, 3.05) is 18.0 Å². The Bertz CT molecular complexity index is 678. The summed E-state index contributed by atoms with van der Waals surface area (Å²) < 4.78 is 0. The fourth-order valence-corrected chi connectivity index (χ4v) is 2.26. The molecule has 0 N–H and O–H groups in total. The van der Waals surface area contributed by atoms with E-state index < -0.39 is 0 Å². The van der Waals surface area contributed by atoms with E-state index in [1.54, 1.807) is 6.92 Å². The van der Waals surface area contributed by atoms with Crippen molar-refractivity contribution in [2.45, 2.75) is 27.7 Å². The van der Waals surface area contributed by atoms with Crippen LogP contribution in [0.25, 0.3) is 0 Å². The molecule has 0 bridgehead atoms. The molecule has 5 nitrogen and oxygen atoms in total. The molecule has 0 radical (unpaired) electrons. The Morgan fingerprint density at radius 2 is 1.83 bits per heavy atom. The maximum Gasteiger partial charge on any atom is 0.156 e. The fourth-order valence-electron chi connectivity index (χ4n) is 2.26. The van der Waals surface area contributed by atoms with Gasteiger partial charge in [0.25, 0.3) is 0 Å². The highest BCUT2D eigenvalue weighted by Crippen LogP contribution is 2.26. The van der Waals surface area contributed by atoms with E-state index in [9.17, 15) is 5.26 Å². The van der Waals surface area contributed by atoms with E-state index in [4.69, 9.17) is 0 Å². The van der Waals surface area contributed by atoms with Crippen molar-refractivity contribution in [3.63, 3.8) is 0 Å². The highest BCUT2D eigenvalue weighted by molar-refractivity contribution is 6.12. The molecule has 120 valence electrons. The third-order valence-corrected chi connectivity index (χ3v) is 3.64. The second kappa shape index (κ2) is 8.64. The summed E-state index contributed by atoms with van der Waals surface area (Å²) in [6, 6.07) is 8.12. The molecule has 0 saturated carbocycles. The zero-order chi connectivity index (χ0) is 17.4. The normalized spacial score (nSPS) is 10.7. The number of aliphatic imine (C=N–C) groups is 3. The molecular weight excluding hydrogens is 286 g/mol. The number of aryl methyl sites for hydroxylation is 1. The van der Waals surface area contributed by atoms with Crippen LogP contribution in [0.15, 0.2) is 44.6 Å². The molecule has 0 saturated heterocycles. The summed E-state index contributed by atoms with van der Waals surface area (Å²) in [6.45, 7) is 16.7. The Morgan fingerprint density at radius 3 is 2.26 bits per heavy atom. The van der Waals surface area contributed by atoms with Gasteiger partial charge in [-0.15, -0.1) is 0 Å². The molecule has 0 aliphatic heterocycles. The number of rotatable bonds is 7. The van der Waals surface area contributed by atoms with Gasteiger partial charge in [0.05, 0.1) is 5.69 Å². The zero-order valence-corrected chi connectivity index (χ0v) is 14.3. The van der Waals surface area contributed by atoms with Gasteiger partial charge in [0.2, 0.25) is 0 Å². The first-order valence-electron chi connectivity index (χ1n) is 7.51. The third-order valence-electron chi connectivity index (χ3n) is 3.64. The average molecular weight is 309 g/mol. The maximum atomic E-state index is 9.36. The summed E-state index contributed by atoms with van der Waals surface area (Å²) >= 11 is 0. The molecule has 5 heteroatoms. The number of hydrogen-bond donors (Lipinski definition) is 0. The van der Waals surface area contributed by atoms with Crippen LogP contribution >= 0.6 is 0 Å². The van der Waals surface area contributed by atoms with E-state index in [1.165, 1.54) is 0 Å². The maximum absolute atomic E-state index is 9.36. The minimum atomic E-state index is 0.262. The molecule has 0 atom stereocenters. The summed E-state index contributed by atoms with van der Waals surface area (Å²) in [5, 5.41) is 9.36. The number of hydrogen-bond acceptors (Lipinski definition) is 5. The molecule has 1 aromatic rings. The summed E-state index contributed by atoms with van der Waals surface area (Å²) in [4.78, 5) is 14.2. The predicted octanol–water partition coefficient (Wildman–Crippen LogP) is 4.07. The number of nitrogens with zero attached hydrogens (tertiary/aromatic N) is 5. The molecule has 1 aromatic carbocycles. The van der Waals surface area contributed by atoms with Gasteiger partial charge in [-0.2, -0.15) is 5.26 Å². The number of anilines is 1. The zero-order valence-electron chi connectivity index (χ0n) is 14.3. The van der Waals surface area contributed by atoms with Crippen LogP contribution in [0, 0.1) is 18.3 Å². The minimum absolute atomic E-state index is 0.262. The molecule has 0 amide bonds. The molecule has 1 rings (SSSR count). The largest absolute Gasteiger partial charge is 0.372 e. The molecule has 0 aliphatic carbocycles. The average Bonchev–Trinajstić information content (AvgIpc) is 2.56. The number of benzene rings is 1. The van der Waals surface area contributed by atoms with Gasteiger partial charge in [-0.05, 0) is 64.9 Å². The summed E-state index contributed by atoms with van der Waals surface area (Å²) in [7, 11) is 0. The third kappa shape index (κ3) is 4.36. The Kier molecular flexibility index (Phi) is 6.88. The molecule has 0 aromatic heterocycles. The van der Waals surface area contributed by atoms with Crippen LogP contribution in [-0.2, 0) is 0 Å². The molecule has 0 aliphatic rings. The van der Waals surface area contributed by atoms with Gasteiger partial charge in [0.15, 0.2) is 5.82 Å². The van der Waals surface area contributed by atoms with E-state index in [0.29, 0.717) is 11.4 Å². The van der Waals surface area contributed by atoms with Gasteiger partial charge in [-0.25, -0.2) is 15.0 Å². The van der Waals surface area contributed by atoms with Crippen LogP contribution in [0.1, 0.15) is 26.3 Å². The van der Waals surface area contributed by atoms with E-state index in [-0.39, 0.29) is 5.71 Å². The van der Waals surface area contributed by atoms with Gasteiger partial charge in [0, 0.05) is 24.4 Å². The van der Waals surface area contributed by atoms with Crippen molar-refractivity contribution in [1.29, 1.82) is 5.26 Å². The Morgan fingerprint density at radius 1 is 1.22 bits per heavy atom. The van der Waals surface area contributed by atoms with E-state index in [0.717, 1.165) is 30.0 Å². The number of nitriles is 1. The molecule has 0 spiro atoms. The van der Waals surface area contributed by atoms with Crippen LogP contribution in [0.3, 0.4) is 0 Å². The van der Waals surface area contributed by atoms with Gasteiger partial charge < -0.3 is 4.90 Å². The quantitative estimate of drug-likeness (QED) is 0.713. The second-order valence-electron chi connectivity index (χ2n) is 4.98. The lowest BCUT2D eigenvalue weighted by molar-refractivity contribution is 0.865. The first kappa shape index (κ1) is 18.3. The van der Waals surface area contributed by atoms with Crippen LogP contribution in [-0.4, -0.2) is 32.2 Å². The van der Waals surface area contributed by atoms with Gasteiger partial charge in [-0.1, -0.05) is 0 Å². The van der Waals surface area contributed by atoms with E-state index in [1.807, 2.05) is 19.1 Å². The summed E-state index contributed by atoms with van der Waals surface area (Å²) in [5.41, 5.74) is 3.74. The molecular formula is C18H23N5. The lowest BCUT2D eigenvalue weighted by Crippen LogP contribution is -2.21. The molecule has 0 fully saturated rings. The van der Waals surface area contributed by atoms with Crippen molar-refractivity contribution in [3.8, 4) is 6.07 Å². The standard InChI is InChI=1S/C18H23N5/c1-7-23(8-2)15-9-10-16(13(3)11-15)22-17(12-19)14(4)18(20-5)21-6/h9-11H,5-8H2,1-4H3. The Balaban J connectivity index is 3.31. The Hall–Kier alpha value is -2.74. The summed E-state index contributed by atoms with van der Waals surface area (Å²) in [6.07, 6.45) is 0. The van der Waals surface area contributed by atoms with Crippen molar-refractivity contribution >= 4 is 30.5 Å². The van der Waals surface area contributed by atoms with Gasteiger partial charge in [-0.3, -0.25) is 0 Å². The molecule has 0 heterocycles. The first-order chi connectivity index (χ1) is 11.0. The van der Waals surface area contributed by atoms with E-state index in [2.05, 4.69) is 59.3 Å². The summed E-state index contributed by atoms with van der Waals surface area (Å²) in [5.74, 6) is 0.322. The monoisotopic (exact) mass is 309 g/mol. The van der Waals surface area contributed by atoms with Crippen LogP contribution in [0.2, 0.25) is 0 Å². The fraction of sp³-hybridized carbons (Fsp3) is 0.333. The smallest absolute Gasteiger partial charge is 0.156 e. The first-order valence-corrected chi connectivity index (χ1v) is 7.51. The Labute approximate surface area is 138 Å². The molecule has 0 unspecified atom stereocenters. The van der Waals surface area contributed by atoms with Crippen molar-refractivity contribution in [1.82, 2.24) is 0 Å². The van der Waals surface area contributed by atoms with Crippen LogP contribution in [0.4, 0.5) is 11.4 Å². The SMILES string of the molecule is C=NC(N=C)=C(C)C(C#N)=Nc1ccc(N(CC)CC)cc1C. The lowest BCUT2D eigenvalue weighted by Gasteiger charge is -2.21. The van der Waals surface area contributed by atoms with Crippen LogP contribution < -0.4 is 4.90 Å². The number of allylic oxidation sites excluding steroid dienone is 1. The highest BCUT2D eigenvalue weighted by Gasteiger charge is 2.09. The van der Waals surface area contributed by atoms with Gasteiger partial charge >= 0.3 is 0 Å². The van der Waals surface area contributed by atoms with Crippen molar-refractivity contribution in [3.05, 3.63) is 35.2 Å². The lowest BCUT2D eigenvalue weighted by atomic mass is 10.1. The predicted molar refractivity (Wildman–Crippen MR) is 99.2 cm³/mol. The van der Waals surface area contributed by atoms with Crippen molar-refractivity contribution in [2.24, 2.45) is 15.0 Å². The van der Waals surface area contributed by atoms with Crippen LogP contribution in [0.5, 0.6) is 0 Å².